The van der Waals surface area contributed by atoms with Gasteiger partial charge in [-0.2, -0.15) is 0 Å². The highest BCUT2D eigenvalue weighted by molar-refractivity contribution is 7.15. The van der Waals surface area contributed by atoms with Gasteiger partial charge >= 0.3 is 0 Å². The first-order chi connectivity index (χ1) is 16.0. The van der Waals surface area contributed by atoms with Crippen LogP contribution >= 0.6 is 34.5 Å². The zero-order valence-corrected chi connectivity index (χ0v) is 19.2. The zero-order chi connectivity index (χ0) is 22.9. The van der Waals surface area contributed by atoms with E-state index < -0.39 is 0 Å². The molecule has 0 atom stereocenters. The molecule has 2 aromatic heterocycles. The Balaban J connectivity index is 1.28. The van der Waals surface area contributed by atoms with Crippen LogP contribution in [0.15, 0.2) is 71.5 Å². The molecule has 0 aliphatic rings. The first kappa shape index (κ1) is 21.5. The molecule has 0 unspecified atom stereocenters. The molecular weight excluding hydrogens is 481 g/mol. The fourth-order valence-electron chi connectivity index (χ4n) is 3.34. The Hall–Kier alpha value is -3.39. The lowest BCUT2D eigenvalue weighted by Crippen LogP contribution is -2.22. The number of para-hydroxylation sites is 2. The van der Waals surface area contributed by atoms with Crippen molar-refractivity contribution in [1.82, 2.24) is 9.38 Å². The number of nitrogens with one attached hydrogen (secondary N) is 1. The molecule has 0 spiro atoms. The Bertz CT molecular complexity index is 1610. The van der Waals surface area contributed by atoms with Crippen molar-refractivity contribution in [2.45, 2.75) is 0 Å². The molecule has 2 heterocycles. The van der Waals surface area contributed by atoms with E-state index in [0.717, 1.165) is 16.6 Å². The van der Waals surface area contributed by atoms with Gasteiger partial charge in [-0.1, -0.05) is 58.8 Å². The van der Waals surface area contributed by atoms with Crippen molar-refractivity contribution in [2.24, 2.45) is 0 Å². The maximum Gasteiger partial charge on any atom is 0.274 e. The van der Waals surface area contributed by atoms with E-state index in [2.05, 4.69) is 10.3 Å². The number of halogens is 2. The smallest absolute Gasteiger partial charge is 0.274 e. The number of fused-ring (bicyclic) bond motifs is 3. The molecule has 6 nitrogen and oxygen atoms in total. The lowest BCUT2D eigenvalue weighted by atomic mass is 10.2. The Labute approximate surface area is 201 Å². The number of ether oxygens (including phenoxy) is 1. The van der Waals surface area contributed by atoms with E-state index >= 15 is 0 Å². The zero-order valence-electron chi connectivity index (χ0n) is 16.9. The minimum atomic E-state index is -0.325. The second-order valence-corrected chi connectivity index (χ2v) is 8.99. The minimum absolute atomic E-state index is 0.0944. The number of hydrogen-bond acceptors (Lipinski definition) is 5. The van der Waals surface area contributed by atoms with Gasteiger partial charge < -0.3 is 10.1 Å². The summed E-state index contributed by atoms with van der Waals surface area (Å²) in [6.45, 7) is -0.163. The molecule has 3 aromatic carbocycles. The molecule has 1 N–H and O–H groups in total. The SMILES string of the molecule is O=C(COc1ccc(/C=c2/sc3nc4ccccc4n3c2=O)cc1)Nc1ccc(Cl)c(Cl)c1. The van der Waals surface area contributed by atoms with E-state index in [1.54, 1.807) is 34.7 Å². The molecule has 0 saturated heterocycles. The summed E-state index contributed by atoms with van der Waals surface area (Å²) in [6, 6.07) is 19.5. The van der Waals surface area contributed by atoms with Gasteiger partial charge in [-0.05, 0) is 54.1 Å². The summed E-state index contributed by atoms with van der Waals surface area (Å²) in [6.07, 6.45) is 1.82. The van der Waals surface area contributed by atoms with Gasteiger partial charge in [0.15, 0.2) is 11.6 Å². The predicted octanol–water partition coefficient (Wildman–Crippen LogP) is 4.78. The summed E-state index contributed by atoms with van der Waals surface area (Å²) in [7, 11) is 0. The van der Waals surface area contributed by atoms with Gasteiger partial charge in [0.1, 0.15) is 5.75 Å². The van der Waals surface area contributed by atoms with Crippen molar-refractivity contribution < 1.29 is 9.53 Å². The van der Waals surface area contributed by atoms with Crippen molar-refractivity contribution in [2.75, 3.05) is 11.9 Å². The highest BCUT2D eigenvalue weighted by Gasteiger charge is 2.10. The number of nitrogens with zero attached hydrogens (tertiary/aromatic N) is 2. The molecule has 5 rings (SSSR count). The lowest BCUT2D eigenvalue weighted by molar-refractivity contribution is -0.118. The number of thiazole rings is 1. The number of amides is 1. The molecule has 0 bridgehead atoms. The van der Waals surface area contributed by atoms with Crippen LogP contribution in [0, 0.1) is 0 Å². The number of anilines is 1. The Morgan fingerprint density at radius 2 is 1.85 bits per heavy atom. The maximum absolute atomic E-state index is 12.9. The second-order valence-electron chi connectivity index (χ2n) is 7.17. The Morgan fingerprint density at radius 1 is 1.06 bits per heavy atom. The maximum atomic E-state index is 12.9. The highest BCUT2D eigenvalue weighted by atomic mass is 35.5. The molecule has 0 fully saturated rings. The number of hydrogen-bond donors (Lipinski definition) is 1. The number of aromatic nitrogens is 2. The van der Waals surface area contributed by atoms with Crippen molar-refractivity contribution in [1.29, 1.82) is 0 Å². The number of imidazole rings is 1. The molecule has 0 saturated carbocycles. The quantitative estimate of drug-likeness (QED) is 0.380. The molecule has 0 aliphatic heterocycles. The molecule has 5 aromatic rings. The number of carbonyl (C=O) groups is 1. The number of rotatable bonds is 5. The summed E-state index contributed by atoms with van der Waals surface area (Å²) in [5.41, 5.74) is 2.89. The van der Waals surface area contributed by atoms with Crippen molar-refractivity contribution in [3.63, 3.8) is 0 Å². The van der Waals surface area contributed by atoms with Crippen LogP contribution < -0.4 is 20.1 Å². The van der Waals surface area contributed by atoms with E-state index in [1.165, 1.54) is 11.3 Å². The largest absolute Gasteiger partial charge is 0.484 e. The molecular formula is C24H15Cl2N3O3S. The van der Waals surface area contributed by atoms with Gasteiger partial charge in [0.2, 0.25) is 0 Å². The van der Waals surface area contributed by atoms with Crippen LogP contribution in [-0.2, 0) is 4.79 Å². The van der Waals surface area contributed by atoms with E-state index in [-0.39, 0.29) is 18.1 Å². The third kappa shape index (κ3) is 4.43. The third-order valence-corrected chi connectivity index (χ3v) is 6.60. The highest BCUT2D eigenvalue weighted by Crippen LogP contribution is 2.25. The third-order valence-electron chi connectivity index (χ3n) is 4.90. The topological polar surface area (TPSA) is 72.7 Å². The normalized spacial score (nSPS) is 11.9. The van der Waals surface area contributed by atoms with Crippen molar-refractivity contribution in [3.8, 4) is 5.75 Å². The van der Waals surface area contributed by atoms with Crippen molar-refractivity contribution in [3.05, 3.63) is 97.2 Å². The van der Waals surface area contributed by atoms with Crippen LogP contribution in [0.4, 0.5) is 5.69 Å². The van der Waals surface area contributed by atoms with Gasteiger partial charge in [-0.3, -0.25) is 9.59 Å². The predicted molar refractivity (Wildman–Crippen MR) is 133 cm³/mol. The van der Waals surface area contributed by atoms with Crippen LogP contribution in [0.25, 0.3) is 22.1 Å². The van der Waals surface area contributed by atoms with E-state index in [4.69, 9.17) is 27.9 Å². The van der Waals surface area contributed by atoms with Gasteiger partial charge in [0.25, 0.3) is 11.5 Å². The molecule has 0 aliphatic carbocycles. The summed E-state index contributed by atoms with van der Waals surface area (Å²) in [4.78, 5) is 30.2. The summed E-state index contributed by atoms with van der Waals surface area (Å²) in [5.74, 6) is 0.208. The first-order valence-corrected chi connectivity index (χ1v) is 11.4. The Morgan fingerprint density at radius 3 is 2.64 bits per heavy atom. The first-order valence-electron chi connectivity index (χ1n) is 9.87. The number of carbonyl (C=O) groups excluding carboxylic acids is 1. The molecule has 9 heteroatoms. The monoisotopic (exact) mass is 495 g/mol. The Kier molecular flexibility index (Phi) is 5.76. The molecule has 0 radical (unpaired) electrons. The molecule has 33 heavy (non-hydrogen) atoms. The number of benzene rings is 3. The average Bonchev–Trinajstić information content (AvgIpc) is 3.32. The van der Waals surface area contributed by atoms with Crippen LogP contribution in [-0.4, -0.2) is 21.9 Å². The minimum Gasteiger partial charge on any atom is -0.484 e. The van der Waals surface area contributed by atoms with Gasteiger partial charge in [-0.25, -0.2) is 9.38 Å². The van der Waals surface area contributed by atoms with Gasteiger partial charge in [0, 0.05) is 5.69 Å². The van der Waals surface area contributed by atoms with Crippen LogP contribution in [0.1, 0.15) is 5.56 Å². The summed E-state index contributed by atoms with van der Waals surface area (Å²) < 4.78 is 7.78. The lowest BCUT2D eigenvalue weighted by Gasteiger charge is -2.08. The van der Waals surface area contributed by atoms with Crippen LogP contribution in [0.2, 0.25) is 10.0 Å². The van der Waals surface area contributed by atoms with E-state index in [0.29, 0.717) is 31.0 Å². The van der Waals surface area contributed by atoms with Crippen LogP contribution in [0.5, 0.6) is 5.75 Å². The fraction of sp³-hybridized carbons (Fsp3) is 0.0417. The van der Waals surface area contributed by atoms with Crippen molar-refractivity contribution >= 4 is 68.2 Å². The van der Waals surface area contributed by atoms with E-state index in [1.807, 2.05) is 42.5 Å². The fourth-order valence-corrected chi connectivity index (χ4v) is 4.63. The summed E-state index contributed by atoms with van der Waals surface area (Å²) >= 11 is 13.2. The van der Waals surface area contributed by atoms with Crippen LogP contribution in [0.3, 0.4) is 0 Å². The van der Waals surface area contributed by atoms with Gasteiger partial charge in [0.05, 0.1) is 25.6 Å². The molecule has 1 amide bonds. The van der Waals surface area contributed by atoms with E-state index in [9.17, 15) is 9.59 Å². The second kappa shape index (κ2) is 8.86. The molecule has 164 valence electrons. The average molecular weight is 496 g/mol. The standard InChI is InChI=1S/C24H15Cl2N3O3S/c25-17-10-7-15(12-18(17)26)27-22(30)13-32-16-8-5-14(6-9-16)11-21-23(31)29-20-4-2-1-3-19(20)28-24(29)33-21/h1-12H,13H2,(H,27,30)/b21-11+. The van der Waals surface area contributed by atoms with Gasteiger partial charge in [-0.15, -0.1) is 0 Å². The summed E-state index contributed by atoms with van der Waals surface area (Å²) in [5, 5.41) is 3.47.